The lowest BCUT2D eigenvalue weighted by Crippen LogP contribution is -2.58. The van der Waals surface area contributed by atoms with E-state index in [2.05, 4.69) is 15.9 Å². The van der Waals surface area contributed by atoms with Crippen molar-refractivity contribution >= 4 is 40.2 Å². The number of aromatic nitrogens is 2. The second kappa shape index (κ2) is 12.2. The first-order valence-electron chi connectivity index (χ1n) is 13.3. The lowest BCUT2D eigenvalue weighted by Gasteiger charge is -2.33. The van der Waals surface area contributed by atoms with Gasteiger partial charge in [0.1, 0.15) is 11.9 Å². The average Bonchev–Trinajstić information content (AvgIpc) is 3.42. The number of aryl methyl sites for hydroxylation is 1. The van der Waals surface area contributed by atoms with E-state index in [4.69, 9.17) is 17.3 Å². The van der Waals surface area contributed by atoms with Crippen molar-refractivity contribution in [2.45, 2.75) is 50.7 Å². The lowest BCUT2D eigenvalue weighted by molar-refractivity contribution is -0.154. The van der Waals surface area contributed by atoms with Crippen LogP contribution in [0.5, 0.6) is 0 Å². The van der Waals surface area contributed by atoms with Crippen molar-refractivity contribution < 1.29 is 29.4 Å². The maximum absolute atomic E-state index is 13.5. The maximum Gasteiger partial charge on any atom is 0.337 e. The van der Waals surface area contributed by atoms with E-state index in [0.717, 1.165) is 10.5 Å². The summed E-state index contributed by atoms with van der Waals surface area (Å²) in [4.78, 5) is 72.4. The van der Waals surface area contributed by atoms with Crippen LogP contribution in [0.4, 0.5) is 5.69 Å². The number of hydrogen-bond acceptors (Lipinski definition) is 8. The highest BCUT2D eigenvalue weighted by molar-refractivity contribution is 6.12. The molecule has 12 heteroatoms. The van der Waals surface area contributed by atoms with Crippen molar-refractivity contribution in [2.75, 3.05) is 18.0 Å². The number of Topliss-reactive ketones (excluding diaryl/α,β-unsaturated/α-hetero) is 1. The van der Waals surface area contributed by atoms with Gasteiger partial charge in [-0.15, -0.1) is 6.42 Å². The van der Waals surface area contributed by atoms with E-state index >= 15 is 0 Å². The molecule has 1 amide bonds. The van der Waals surface area contributed by atoms with E-state index in [1.807, 2.05) is 11.0 Å². The number of amides is 1. The highest BCUT2D eigenvalue weighted by Crippen LogP contribution is 2.34. The van der Waals surface area contributed by atoms with Crippen LogP contribution >= 0.6 is 0 Å². The Labute approximate surface area is 241 Å². The Morgan fingerprint density at radius 2 is 1.90 bits per heavy atom. The summed E-state index contributed by atoms with van der Waals surface area (Å²) in [6.45, 7) is 2.36. The van der Waals surface area contributed by atoms with Crippen LogP contribution < -0.4 is 16.2 Å². The van der Waals surface area contributed by atoms with Crippen molar-refractivity contribution in [3.8, 4) is 12.3 Å². The van der Waals surface area contributed by atoms with Crippen LogP contribution in [0, 0.1) is 19.3 Å². The van der Waals surface area contributed by atoms with Crippen LogP contribution in [-0.4, -0.2) is 73.4 Å². The predicted octanol–water partition coefficient (Wildman–Crippen LogP) is 1.69. The monoisotopic (exact) mass is 573 g/mol. The minimum absolute atomic E-state index is 0.0578. The minimum Gasteiger partial charge on any atom is -0.480 e. The zero-order valence-electron chi connectivity index (χ0n) is 23.0. The molecule has 2 heterocycles. The Morgan fingerprint density at radius 3 is 2.55 bits per heavy atom. The van der Waals surface area contributed by atoms with Gasteiger partial charge in [0.15, 0.2) is 11.3 Å². The highest BCUT2D eigenvalue weighted by atomic mass is 16.4. The fourth-order valence-electron chi connectivity index (χ4n) is 5.28. The molecule has 0 spiro atoms. The van der Waals surface area contributed by atoms with Gasteiger partial charge >= 0.3 is 11.9 Å². The molecule has 1 saturated heterocycles. The van der Waals surface area contributed by atoms with Gasteiger partial charge < -0.3 is 30.7 Å². The summed E-state index contributed by atoms with van der Waals surface area (Å²) in [6.07, 6.45) is 5.20. The second-order valence-corrected chi connectivity index (χ2v) is 10.2. The van der Waals surface area contributed by atoms with E-state index in [-0.39, 0.29) is 43.5 Å². The number of terminal acetylenes is 1. The first kappa shape index (κ1) is 30.0. The molecular weight excluding hydrogens is 542 g/mol. The summed E-state index contributed by atoms with van der Waals surface area (Å²) in [5.74, 6) is -1.01. The summed E-state index contributed by atoms with van der Waals surface area (Å²) in [5, 5.41) is 19.5. The number of aromatic amines is 1. The summed E-state index contributed by atoms with van der Waals surface area (Å²) in [5.41, 5.74) is 5.43. The molecule has 2 atom stereocenters. The van der Waals surface area contributed by atoms with E-state index in [1.54, 1.807) is 31.2 Å². The van der Waals surface area contributed by atoms with Gasteiger partial charge in [-0.25, -0.2) is 9.78 Å². The van der Waals surface area contributed by atoms with Gasteiger partial charge in [0.25, 0.3) is 11.5 Å². The standard InChI is InChI=1S/C30H31N5O7/c1-3-14-34(17-19-5-11-24-22(16-19)26(37)33-18(2)32-24)21-8-6-20(7-9-21)27(38)35-15-4-13-30(35,29(41)42)25(36)12-10-23(31)28(39)40/h1,5-9,11,16,23H,4,10,12-15,17,31H2,2H3,(H,39,40)(H,41,42)(H,32,33,37)/t23-,30+/m0/s1. The summed E-state index contributed by atoms with van der Waals surface area (Å²) in [6, 6.07) is 10.5. The number of aliphatic carboxylic acids is 2. The zero-order chi connectivity index (χ0) is 30.6. The number of carboxylic acid groups (broad SMARTS) is 2. The topological polar surface area (TPSA) is 187 Å². The lowest BCUT2D eigenvalue weighted by atomic mass is 9.87. The molecule has 1 fully saturated rings. The third-order valence-electron chi connectivity index (χ3n) is 7.46. The van der Waals surface area contributed by atoms with E-state index in [1.165, 1.54) is 12.1 Å². The van der Waals surface area contributed by atoms with Crippen LogP contribution in [0.2, 0.25) is 0 Å². The fraction of sp³-hybridized carbons (Fsp3) is 0.333. The summed E-state index contributed by atoms with van der Waals surface area (Å²) < 4.78 is 0. The molecule has 0 saturated carbocycles. The number of hydrogen-bond donors (Lipinski definition) is 4. The smallest absolute Gasteiger partial charge is 0.337 e. The molecule has 218 valence electrons. The number of carbonyl (C=O) groups excluding carboxylic acids is 2. The molecule has 0 bridgehead atoms. The van der Waals surface area contributed by atoms with Gasteiger partial charge in [-0.2, -0.15) is 0 Å². The molecule has 0 unspecified atom stereocenters. The van der Waals surface area contributed by atoms with E-state index < -0.39 is 35.2 Å². The molecule has 12 nitrogen and oxygen atoms in total. The molecule has 4 rings (SSSR count). The Hall–Kier alpha value is -5.02. The maximum atomic E-state index is 13.5. The molecule has 2 aromatic carbocycles. The largest absolute Gasteiger partial charge is 0.480 e. The van der Waals surface area contributed by atoms with Gasteiger partial charge in [-0.05, 0) is 68.1 Å². The molecular formula is C30H31N5O7. The SMILES string of the molecule is C#CCN(Cc1ccc2nc(C)[nH]c(=O)c2c1)c1ccc(C(=O)N2CCC[C@]2(C(=O)O)C(=O)CC[C@H](N)C(=O)O)cc1. The molecule has 1 aromatic heterocycles. The van der Waals surface area contributed by atoms with Crippen molar-refractivity contribution in [1.82, 2.24) is 14.9 Å². The molecule has 3 aromatic rings. The molecule has 42 heavy (non-hydrogen) atoms. The Balaban J connectivity index is 1.55. The number of likely N-dealkylation sites (tertiary alicyclic amines) is 1. The average molecular weight is 574 g/mol. The van der Waals surface area contributed by atoms with Gasteiger partial charge in [-0.3, -0.25) is 19.2 Å². The second-order valence-electron chi connectivity index (χ2n) is 10.2. The van der Waals surface area contributed by atoms with Crippen LogP contribution in [0.1, 0.15) is 47.4 Å². The molecule has 1 aliphatic heterocycles. The van der Waals surface area contributed by atoms with Gasteiger partial charge in [0.2, 0.25) is 0 Å². The first-order chi connectivity index (χ1) is 20.0. The number of carbonyl (C=O) groups is 4. The number of nitrogens with one attached hydrogen (secondary N) is 1. The molecule has 1 aliphatic rings. The Morgan fingerprint density at radius 1 is 1.19 bits per heavy atom. The molecule has 5 N–H and O–H groups in total. The molecule has 0 radical (unpaired) electrons. The van der Waals surface area contributed by atoms with Crippen molar-refractivity contribution in [3.63, 3.8) is 0 Å². The van der Waals surface area contributed by atoms with Crippen LogP contribution in [0.3, 0.4) is 0 Å². The third kappa shape index (κ3) is 5.87. The fourth-order valence-corrected chi connectivity index (χ4v) is 5.28. The minimum atomic E-state index is -2.09. The van der Waals surface area contributed by atoms with Crippen molar-refractivity contribution in [1.29, 1.82) is 0 Å². The van der Waals surface area contributed by atoms with Crippen LogP contribution in [-0.2, 0) is 20.9 Å². The first-order valence-corrected chi connectivity index (χ1v) is 13.3. The van der Waals surface area contributed by atoms with Gasteiger partial charge in [0, 0.05) is 30.8 Å². The van der Waals surface area contributed by atoms with Gasteiger partial charge in [-0.1, -0.05) is 12.0 Å². The normalized spacial score (nSPS) is 17.0. The van der Waals surface area contributed by atoms with Crippen molar-refractivity contribution in [3.05, 3.63) is 69.8 Å². The Bertz CT molecular complexity index is 1640. The summed E-state index contributed by atoms with van der Waals surface area (Å²) in [7, 11) is 0. The van der Waals surface area contributed by atoms with E-state index in [9.17, 15) is 29.1 Å². The van der Waals surface area contributed by atoms with Gasteiger partial charge in [0.05, 0.1) is 17.4 Å². The van der Waals surface area contributed by atoms with Crippen LogP contribution in [0.25, 0.3) is 10.9 Å². The van der Waals surface area contributed by atoms with E-state index in [0.29, 0.717) is 35.4 Å². The molecule has 0 aliphatic carbocycles. The summed E-state index contributed by atoms with van der Waals surface area (Å²) >= 11 is 0. The Kier molecular flexibility index (Phi) is 8.73. The predicted molar refractivity (Wildman–Crippen MR) is 154 cm³/mol. The third-order valence-corrected chi connectivity index (χ3v) is 7.46. The number of H-pyrrole nitrogens is 1. The number of benzene rings is 2. The van der Waals surface area contributed by atoms with Crippen molar-refractivity contribution in [2.24, 2.45) is 5.73 Å². The number of fused-ring (bicyclic) bond motifs is 1. The number of anilines is 1. The number of rotatable bonds is 11. The highest BCUT2D eigenvalue weighted by Gasteiger charge is 2.55. The van der Waals surface area contributed by atoms with Crippen LogP contribution in [0.15, 0.2) is 47.3 Å². The zero-order valence-corrected chi connectivity index (χ0v) is 23.0. The quantitative estimate of drug-likeness (QED) is 0.194. The number of ketones is 1. The number of carboxylic acids is 2. The number of nitrogens with zero attached hydrogens (tertiary/aromatic N) is 3. The number of nitrogens with two attached hydrogens (primary N) is 1.